The summed E-state index contributed by atoms with van der Waals surface area (Å²) in [6, 6.07) is 0. The average molecular weight is 321 g/mol. The summed E-state index contributed by atoms with van der Waals surface area (Å²) < 4.78 is 17.3. The van der Waals surface area contributed by atoms with E-state index in [-0.39, 0.29) is 17.7 Å². The van der Waals surface area contributed by atoms with Crippen molar-refractivity contribution in [3.8, 4) is 0 Å². The van der Waals surface area contributed by atoms with E-state index < -0.39 is 26.1 Å². The molecule has 1 fully saturated rings. The van der Waals surface area contributed by atoms with Gasteiger partial charge in [0.25, 0.3) is 0 Å². The molecular weight excluding hydrogens is 288 g/mol. The van der Waals surface area contributed by atoms with Crippen molar-refractivity contribution in [3.05, 3.63) is 0 Å². The molecule has 5 nitrogen and oxygen atoms in total. The van der Waals surface area contributed by atoms with Crippen molar-refractivity contribution < 1.29 is 24.1 Å². The lowest BCUT2D eigenvalue weighted by atomic mass is 9.79. The molecule has 4 atom stereocenters. The van der Waals surface area contributed by atoms with Crippen molar-refractivity contribution in [3.63, 3.8) is 0 Å². The molecule has 126 valence electrons. The van der Waals surface area contributed by atoms with E-state index in [1.807, 2.05) is 0 Å². The van der Waals surface area contributed by atoms with E-state index >= 15 is 0 Å². The second-order valence-electron chi connectivity index (χ2n) is 7.81. The van der Waals surface area contributed by atoms with Gasteiger partial charge in [0.1, 0.15) is 0 Å². The van der Waals surface area contributed by atoms with E-state index in [4.69, 9.17) is 13.9 Å². The van der Waals surface area contributed by atoms with Gasteiger partial charge in [-0.3, -0.25) is 0 Å². The zero-order valence-electron chi connectivity index (χ0n) is 14.5. The molecule has 21 heavy (non-hydrogen) atoms. The monoisotopic (exact) mass is 320 g/mol. The zero-order valence-corrected chi connectivity index (χ0v) is 15.5. The summed E-state index contributed by atoms with van der Waals surface area (Å²) in [7, 11) is -0.309. The molecule has 0 saturated carbocycles. The number of ether oxygens (including phenoxy) is 2. The van der Waals surface area contributed by atoms with Crippen molar-refractivity contribution in [2.24, 2.45) is 5.41 Å². The van der Waals surface area contributed by atoms with Crippen molar-refractivity contribution >= 4 is 8.32 Å². The highest BCUT2D eigenvalue weighted by Gasteiger charge is 2.48. The molecule has 0 bridgehead atoms. The molecule has 0 aromatic heterocycles. The summed E-state index contributed by atoms with van der Waals surface area (Å²) in [5.74, 6) is 0. The standard InChI is InChI=1S/C15H32O5Si/c1-14(2,3)21(6,7)19-9-11-8-12(17)15(4,10-16)13(18-5)20-11/h11-13,16-17H,8-10H2,1-7H3/t11-,12+,13-,15+/m0/s1. The van der Waals surface area contributed by atoms with Crippen LogP contribution in [-0.4, -0.2) is 57.4 Å². The Morgan fingerprint density at radius 3 is 2.33 bits per heavy atom. The Bertz CT molecular complexity index is 341. The van der Waals surface area contributed by atoms with Crippen LogP contribution in [0.4, 0.5) is 0 Å². The first-order valence-corrected chi connectivity index (χ1v) is 10.5. The number of aliphatic hydroxyl groups excluding tert-OH is 2. The van der Waals surface area contributed by atoms with Gasteiger partial charge in [0.15, 0.2) is 14.6 Å². The minimum absolute atomic E-state index is 0.139. The highest BCUT2D eigenvalue weighted by atomic mass is 28.4. The van der Waals surface area contributed by atoms with Crippen molar-refractivity contribution in [1.82, 2.24) is 0 Å². The van der Waals surface area contributed by atoms with E-state index in [9.17, 15) is 10.2 Å². The molecule has 1 heterocycles. The summed E-state index contributed by atoms with van der Waals surface area (Å²) in [4.78, 5) is 0. The maximum absolute atomic E-state index is 10.3. The van der Waals surface area contributed by atoms with Gasteiger partial charge in [-0.05, 0) is 18.1 Å². The van der Waals surface area contributed by atoms with Gasteiger partial charge < -0.3 is 24.1 Å². The Morgan fingerprint density at radius 2 is 1.90 bits per heavy atom. The molecule has 0 amide bonds. The quantitative estimate of drug-likeness (QED) is 0.760. The molecule has 0 spiro atoms. The molecule has 0 aliphatic carbocycles. The van der Waals surface area contributed by atoms with Crippen LogP contribution in [0.25, 0.3) is 0 Å². The largest absolute Gasteiger partial charge is 0.414 e. The first-order valence-electron chi connectivity index (χ1n) is 7.59. The smallest absolute Gasteiger partial charge is 0.192 e. The van der Waals surface area contributed by atoms with Crippen molar-refractivity contribution in [2.75, 3.05) is 20.3 Å². The minimum atomic E-state index is -1.84. The minimum Gasteiger partial charge on any atom is -0.414 e. The Kier molecular flexibility index (Phi) is 6.03. The third-order valence-electron chi connectivity index (χ3n) is 5.09. The van der Waals surface area contributed by atoms with E-state index in [1.54, 1.807) is 6.92 Å². The van der Waals surface area contributed by atoms with Gasteiger partial charge in [-0.25, -0.2) is 0 Å². The highest BCUT2D eigenvalue weighted by molar-refractivity contribution is 6.74. The van der Waals surface area contributed by atoms with Crippen molar-refractivity contribution in [1.29, 1.82) is 0 Å². The van der Waals surface area contributed by atoms with Gasteiger partial charge in [0, 0.05) is 13.5 Å². The highest BCUT2D eigenvalue weighted by Crippen LogP contribution is 2.39. The van der Waals surface area contributed by atoms with Crippen LogP contribution in [0.5, 0.6) is 0 Å². The molecule has 0 unspecified atom stereocenters. The summed E-state index contributed by atoms with van der Waals surface area (Å²) in [6.45, 7) is 13.0. The first kappa shape index (κ1) is 19.1. The topological polar surface area (TPSA) is 68.2 Å². The van der Waals surface area contributed by atoms with Crippen LogP contribution in [0, 0.1) is 5.41 Å². The van der Waals surface area contributed by atoms with E-state index in [0.717, 1.165) is 0 Å². The lowest BCUT2D eigenvalue weighted by molar-refractivity contribution is -0.284. The molecule has 2 N–H and O–H groups in total. The fourth-order valence-corrected chi connectivity index (χ4v) is 3.23. The summed E-state index contributed by atoms with van der Waals surface area (Å²) in [5.41, 5.74) is -0.789. The molecule has 1 rings (SSSR count). The number of hydrogen-bond acceptors (Lipinski definition) is 5. The Labute approximate surface area is 129 Å². The fourth-order valence-electron chi connectivity index (χ4n) is 2.19. The Hall–Kier alpha value is 0.0169. The molecule has 1 aliphatic rings. The Balaban J connectivity index is 2.68. The third-order valence-corrected chi connectivity index (χ3v) is 9.59. The van der Waals surface area contributed by atoms with Crippen LogP contribution >= 0.6 is 0 Å². The normalized spacial score (nSPS) is 35.0. The predicted molar refractivity (Wildman–Crippen MR) is 84.6 cm³/mol. The van der Waals surface area contributed by atoms with Crippen LogP contribution in [0.3, 0.4) is 0 Å². The molecule has 1 aliphatic heterocycles. The Morgan fingerprint density at radius 1 is 1.33 bits per heavy atom. The average Bonchev–Trinajstić information content (AvgIpc) is 2.38. The number of aliphatic hydroxyl groups is 2. The van der Waals surface area contributed by atoms with Gasteiger partial charge in [-0.2, -0.15) is 0 Å². The number of hydrogen-bond donors (Lipinski definition) is 2. The van der Waals surface area contributed by atoms with Crippen LogP contribution in [0.2, 0.25) is 18.1 Å². The predicted octanol–water partition coefficient (Wildman–Crippen LogP) is 2.13. The molecule has 1 saturated heterocycles. The maximum atomic E-state index is 10.3. The first-order chi connectivity index (χ1) is 9.48. The van der Waals surface area contributed by atoms with Crippen LogP contribution < -0.4 is 0 Å². The second-order valence-corrected chi connectivity index (χ2v) is 12.6. The maximum Gasteiger partial charge on any atom is 0.192 e. The molecule has 0 radical (unpaired) electrons. The molecule has 0 aromatic carbocycles. The van der Waals surface area contributed by atoms with Crippen LogP contribution in [0.1, 0.15) is 34.1 Å². The van der Waals surface area contributed by atoms with Gasteiger partial charge in [-0.15, -0.1) is 0 Å². The molecule has 0 aromatic rings. The number of methoxy groups -OCH3 is 1. The molecule has 6 heteroatoms. The van der Waals surface area contributed by atoms with Crippen molar-refractivity contribution in [2.45, 2.75) is 70.7 Å². The lowest BCUT2D eigenvalue weighted by Crippen LogP contribution is -2.56. The second kappa shape index (κ2) is 6.64. The fraction of sp³-hybridized carbons (Fsp3) is 1.00. The summed E-state index contributed by atoms with van der Waals surface area (Å²) >= 11 is 0. The number of rotatable bonds is 5. The van der Waals surface area contributed by atoms with E-state index in [1.165, 1.54) is 7.11 Å². The summed E-state index contributed by atoms with van der Waals surface area (Å²) in [6.07, 6.45) is -1.06. The van der Waals surface area contributed by atoms with Gasteiger partial charge in [0.05, 0.1) is 30.8 Å². The van der Waals surface area contributed by atoms with Crippen LogP contribution in [0.15, 0.2) is 0 Å². The lowest BCUT2D eigenvalue weighted by Gasteiger charge is -2.46. The zero-order chi connectivity index (χ0) is 16.5. The van der Waals surface area contributed by atoms with Gasteiger partial charge in [-0.1, -0.05) is 27.7 Å². The van der Waals surface area contributed by atoms with Crippen LogP contribution in [-0.2, 0) is 13.9 Å². The third kappa shape index (κ3) is 4.06. The molecular formula is C15H32O5Si. The van der Waals surface area contributed by atoms with E-state index in [0.29, 0.717) is 13.0 Å². The van der Waals surface area contributed by atoms with Gasteiger partial charge >= 0.3 is 0 Å². The SMILES string of the molecule is CO[C@H]1O[C@H](CO[Si](C)(C)C(C)(C)C)C[C@@H](O)[C@@]1(C)CO. The van der Waals surface area contributed by atoms with E-state index in [2.05, 4.69) is 33.9 Å². The summed E-state index contributed by atoms with van der Waals surface area (Å²) in [5, 5.41) is 20.0. The van der Waals surface area contributed by atoms with Gasteiger partial charge in [0.2, 0.25) is 0 Å².